The molecule has 0 aromatic heterocycles. The smallest absolute Gasteiger partial charge is 0.209 e. The summed E-state index contributed by atoms with van der Waals surface area (Å²) in [6.07, 6.45) is 1.56. The van der Waals surface area contributed by atoms with E-state index in [1.54, 1.807) is 0 Å². The highest BCUT2D eigenvalue weighted by molar-refractivity contribution is 7.89. The average Bonchev–Trinajstić information content (AvgIpc) is 1.83. The highest BCUT2D eigenvalue weighted by Gasteiger charge is 2.31. The maximum atomic E-state index is 10.8. The minimum Gasteiger partial charge on any atom is -0.381 e. The first-order valence-corrected chi connectivity index (χ1v) is 5.71. The lowest BCUT2D eigenvalue weighted by Gasteiger charge is -2.32. The van der Waals surface area contributed by atoms with Crippen LogP contribution in [-0.4, -0.2) is 27.4 Å². The van der Waals surface area contributed by atoms with Crippen molar-refractivity contribution in [2.24, 2.45) is 10.6 Å². The number of hydrogen-bond acceptors (Lipinski definition) is 3. The summed E-state index contributed by atoms with van der Waals surface area (Å²) in [6, 6.07) is 0. The highest BCUT2D eigenvalue weighted by Crippen LogP contribution is 2.30. The predicted octanol–water partition coefficient (Wildman–Crippen LogP) is 0.0916. The molecule has 1 saturated heterocycles. The molecule has 0 atom stereocenters. The molecule has 2 N–H and O–H groups in total. The molecule has 0 aromatic carbocycles. The van der Waals surface area contributed by atoms with E-state index < -0.39 is 10.0 Å². The Labute approximate surface area is 73.1 Å². The SMILES string of the molecule is CC1(CS(N)(=O)=O)CCOCC1. The van der Waals surface area contributed by atoms with Crippen molar-refractivity contribution in [2.75, 3.05) is 19.0 Å². The normalized spacial score (nSPS) is 23.8. The van der Waals surface area contributed by atoms with Gasteiger partial charge in [0.2, 0.25) is 10.0 Å². The van der Waals surface area contributed by atoms with Gasteiger partial charge in [0, 0.05) is 13.2 Å². The van der Waals surface area contributed by atoms with Crippen molar-refractivity contribution in [3.63, 3.8) is 0 Å². The highest BCUT2D eigenvalue weighted by atomic mass is 32.2. The van der Waals surface area contributed by atoms with Gasteiger partial charge in [-0.05, 0) is 18.3 Å². The Bertz CT molecular complexity index is 241. The minimum absolute atomic E-state index is 0.0728. The summed E-state index contributed by atoms with van der Waals surface area (Å²) in [5, 5.41) is 4.98. The molecule has 1 aliphatic heterocycles. The van der Waals surface area contributed by atoms with Crippen LogP contribution < -0.4 is 5.14 Å². The Hall–Kier alpha value is -0.130. The van der Waals surface area contributed by atoms with Crippen LogP contribution in [0.25, 0.3) is 0 Å². The van der Waals surface area contributed by atoms with Gasteiger partial charge in [-0.25, -0.2) is 13.6 Å². The molecular weight excluding hydrogens is 178 g/mol. The van der Waals surface area contributed by atoms with E-state index in [1.807, 2.05) is 6.92 Å². The lowest BCUT2D eigenvalue weighted by atomic mass is 9.85. The van der Waals surface area contributed by atoms with Crippen LogP contribution in [0.3, 0.4) is 0 Å². The van der Waals surface area contributed by atoms with Gasteiger partial charge in [0.05, 0.1) is 5.75 Å². The fourth-order valence-electron chi connectivity index (χ4n) is 1.49. The van der Waals surface area contributed by atoms with E-state index in [0.717, 1.165) is 12.8 Å². The average molecular weight is 193 g/mol. The van der Waals surface area contributed by atoms with Crippen LogP contribution in [0.2, 0.25) is 0 Å². The summed E-state index contributed by atoms with van der Waals surface area (Å²) in [6.45, 7) is 3.23. The molecule has 5 heteroatoms. The standard InChI is InChI=1S/C7H15NO3S/c1-7(6-12(8,9)10)2-4-11-5-3-7/h2-6H2,1H3,(H2,8,9,10). The van der Waals surface area contributed by atoms with Crippen LogP contribution >= 0.6 is 0 Å². The molecule has 0 spiro atoms. The van der Waals surface area contributed by atoms with Crippen LogP contribution in [0.4, 0.5) is 0 Å². The maximum Gasteiger partial charge on any atom is 0.209 e. The fraction of sp³-hybridized carbons (Fsp3) is 1.00. The Morgan fingerprint density at radius 1 is 1.42 bits per heavy atom. The quantitative estimate of drug-likeness (QED) is 0.675. The monoisotopic (exact) mass is 193 g/mol. The molecule has 72 valence electrons. The van der Waals surface area contributed by atoms with Crippen molar-refractivity contribution < 1.29 is 13.2 Å². The molecule has 0 aliphatic carbocycles. The van der Waals surface area contributed by atoms with E-state index in [9.17, 15) is 8.42 Å². The fourth-order valence-corrected chi connectivity index (χ4v) is 2.75. The van der Waals surface area contributed by atoms with Crippen molar-refractivity contribution in [2.45, 2.75) is 19.8 Å². The van der Waals surface area contributed by atoms with Crippen molar-refractivity contribution >= 4 is 10.0 Å². The molecule has 0 unspecified atom stereocenters. The summed E-state index contributed by atoms with van der Waals surface area (Å²) < 4.78 is 26.8. The number of rotatable bonds is 2. The second-order valence-electron chi connectivity index (χ2n) is 3.73. The van der Waals surface area contributed by atoms with Gasteiger partial charge < -0.3 is 4.74 Å². The van der Waals surface area contributed by atoms with E-state index in [4.69, 9.17) is 9.88 Å². The lowest BCUT2D eigenvalue weighted by Crippen LogP contribution is -2.36. The zero-order chi connectivity index (χ0) is 9.24. The molecule has 1 rings (SSSR count). The topological polar surface area (TPSA) is 69.4 Å². The molecule has 0 radical (unpaired) electrons. The molecule has 0 saturated carbocycles. The first kappa shape index (κ1) is 9.95. The number of ether oxygens (including phenoxy) is 1. The summed E-state index contributed by atoms with van der Waals surface area (Å²) in [4.78, 5) is 0. The summed E-state index contributed by atoms with van der Waals surface area (Å²) in [7, 11) is -3.34. The van der Waals surface area contributed by atoms with Crippen molar-refractivity contribution in [3.05, 3.63) is 0 Å². The first-order chi connectivity index (χ1) is 5.41. The van der Waals surface area contributed by atoms with Crippen molar-refractivity contribution in [3.8, 4) is 0 Å². The summed E-state index contributed by atoms with van der Waals surface area (Å²) in [5.41, 5.74) is -0.175. The molecule has 1 heterocycles. The van der Waals surface area contributed by atoms with E-state index in [0.29, 0.717) is 13.2 Å². The molecule has 4 nitrogen and oxygen atoms in total. The predicted molar refractivity (Wildman–Crippen MR) is 46.1 cm³/mol. The Balaban J connectivity index is 2.59. The second kappa shape index (κ2) is 3.32. The number of nitrogens with two attached hydrogens (primary N) is 1. The van der Waals surface area contributed by atoms with Crippen LogP contribution in [0.1, 0.15) is 19.8 Å². The van der Waals surface area contributed by atoms with Crippen molar-refractivity contribution in [1.29, 1.82) is 0 Å². The number of sulfonamides is 1. The number of primary sulfonamides is 1. The zero-order valence-corrected chi connectivity index (χ0v) is 8.06. The Morgan fingerprint density at radius 3 is 2.33 bits per heavy atom. The molecule has 0 amide bonds. The van der Waals surface area contributed by atoms with Gasteiger partial charge in [0.25, 0.3) is 0 Å². The largest absolute Gasteiger partial charge is 0.381 e. The second-order valence-corrected chi connectivity index (χ2v) is 5.34. The first-order valence-electron chi connectivity index (χ1n) is 4.00. The molecule has 0 bridgehead atoms. The van der Waals surface area contributed by atoms with Gasteiger partial charge in [-0.15, -0.1) is 0 Å². The molecule has 0 aromatic rings. The van der Waals surface area contributed by atoms with Crippen LogP contribution in [0, 0.1) is 5.41 Å². The van der Waals surface area contributed by atoms with E-state index >= 15 is 0 Å². The van der Waals surface area contributed by atoms with E-state index in [-0.39, 0.29) is 11.2 Å². The molecular formula is C7H15NO3S. The Kier molecular flexibility index (Phi) is 2.75. The van der Waals surface area contributed by atoms with Gasteiger partial charge in [0.1, 0.15) is 0 Å². The maximum absolute atomic E-state index is 10.8. The van der Waals surface area contributed by atoms with Crippen LogP contribution in [-0.2, 0) is 14.8 Å². The van der Waals surface area contributed by atoms with E-state index in [2.05, 4.69) is 0 Å². The third-order valence-electron chi connectivity index (χ3n) is 2.25. The summed E-state index contributed by atoms with van der Waals surface area (Å²) >= 11 is 0. The zero-order valence-electron chi connectivity index (χ0n) is 7.25. The van der Waals surface area contributed by atoms with Gasteiger partial charge >= 0.3 is 0 Å². The van der Waals surface area contributed by atoms with Gasteiger partial charge in [-0.3, -0.25) is 0 Å². The van der Waals surface area contributed by atoms with Crippen LogP contribution in [0.15, 0.2) is 0 Å². The molecule has 12 heavy (non-hydrogen) atoms. The minimum atomic E-state index is -3.34. The molecule has 1 fully saturated rings. The summed E-state index contributed by atoms with van der Waals surface area (Å²) in [5.74, 6) is 0.0728. The van der Waals surface area contributed by atoms with Gasteiger partial charge in [-0.2, -0.15) is 0 Å². The number of hydrogen-bond donors (Lipinski definition) is 1. The third kappa shape index (κ3) is 3.08. The van der Waals surface area contributed by atoms with E-state index in [1.165, 1.54) is 0 Å². The van der Waals surface area contributed by atoms with Crippen LogP contribution in [0.5, 0.6) is 0 Å². The van der Waals surface area contributed by atoms with Gasteiger partial charge in [0.15, 0.2) is 0 Å². The van der Waals surface area contributed by atoms with Gasteiger partial charge in [-0.1, -0.05) is 6.92 Å². The van der Waals surface area contributed by atoms with Crippen molar-refractivity contribution in [1.82, 2.24) is 0 Å². The lowest BCUT2D eigenvalue weighted by molar-refractivity contribution is 0.0341. The third-order valence-corrected chi connectivity index (χ3v) is 3.35. The Morgan fingerprint density at radius 2 is 1.92 bits per heavy atom. The molecule has 1 aliphatic rings.